The zero-order chi connectivity index (χ0) is 26.5. The summed E-state index contributed by atoms with van der Waals surface area (Å²) in [6, 6.07) is 10.9. The van der Waals surface area contributed by atoms with Gasteiger partial charge in [-0.25, -0.2) is 22.8 Å². The number of aliphatic hydroxyl groups excluding tert-OH is 1. The van der Waals surface area contributed by atoms with Crippen LogP contribution < -0.4 is 5.73 Å². The van der Waals surface area contributed by atoms with Crippen molar-refractivity contribution in [3.63, 3.8) is 0 Å². The van der Waals surface area contributed by atoms with Crippen molar-refractivity contribution in [2.45, 2.75) is 45.8 Å². The van der Waals surface area contributed by atoms with Gasteiger partial charge in [-0.3, -0.25) is 4.79 Å². The zero-order valence-corrected chi connectivity index (χ0v) is 20.7. The third-order valence-electron chi connectivity index (χ3n) is 5.82. The molecule has 0 aliphatic heterocycles. The Labute approximate surface area is 208 Å². The number of carbonyl (C=O) groups excluding carboxylic acids is 1. The van der Waals surface area contributed by atoms with Gasteiger partial charge in [0.25, 0.3) is 0 Å². The van der Waals surface area contributed by atoms with Crippen LogP contribution in [0, 0.1) is 17.0 Å². The van der Waals surface area contributed by atoms with Crippen molar-refractivity contribution in [1.29, 1.82) is 0 Å². The van der Waals surface area contributed by atoms with E-state index in [1.165, 1.54) is 4.90 Å². The SMILES string of the molecule is CC(C)(C)[C@H](c1nc(-c2cc(F)ccc2F)nn1Cc1ccccc1)N(CCC(N)CF)C(=O)CO. The molecule has 0 bridgehead atoms. The number of benzene rings is 2. The smallest absolute Gasteiger partial charge is 0.248 e. The van der Waals surface area contributed by atoms with Crippen LogP contribution in [-0.2, 0) is 11.3 Å². The van der Waals surface area contributed by atoms with E-state index in [9.17, 15) is 23.1 Å². The molecule has 1 aromatic heterocycles. The molecule has 0 fully saturated rings. The highest BCUT2D eigenvalue weighted by atomic mass is 19.1. The van der Waals surface area contributed by atoms with Gasteiger partial charge in [-0.1, -0.05) is 51.1 Å². The standard InChI is InChI=1S/C26H32F3N5O2/c1-26(2,3)23(33(22(36)16-35)12-11-19(30)14-27)25-31-24(20-13-18(28)9-10-21(20)29)32-34(25)15-17-7-5-4-6-8-17/h4-10,13,19,23,35H,11-12,14-16,30H2,1-3H3/t19?,23-/m0/s1. The fourth-order valence-electron chi connectivity index (χ4n) is 4.08. The average Bonchev–Trinajstić information content (AvgIpc) is 3.24. The number of halogens is 3. The Hall–Kier alpha value is -3.24. The Morgan fingerprint density at radius 2 is 1.86 bits per heavy atom. The van der Waals surface area contributed by atoms with E-state index in [4.69, 9.17) is 5.73 Å². The zero-order valence-electron chi connectivity index (χ0n) is 20.7. The minimum Gasteiger partial charge on any atom is -0.387 e. The third kappa shape index (κ3) is 6.50. The van der Waals surface area contributed by atoms with E-state index in [0.717, 1.165) is 23.8 Å². The van der Waals surface area contributed by atoms with Gasteiger partial charge in [-0.15, -0.1) is 0 Å². The third-order valence-corrected chi connectivity index (χ3v) is 5.82. The minimum absolute atomic E-state index is 0.0379. The molecule has 194 valence electrons. The maximum absolute atomic E-state index is 14.6. The summed E-state index contributed by atoms with van der Waals surface area (Å²) in [5.41, 5.74) is 5.89. The van der Waals surface area contributed by atoms with Crippen molar-refractivity contribution >= 4 is 5.91 Å². The van der Waals surface area contributed by atoms with Crippen LogP contribution in [0.15, 0.2) is 48.5 Å². The molecular weight excluding hydrogens is 471 g/mol. The molecule has 0 saturated carbocycles. The number of nitrogens with two attached hydrogens (primary N) is 1. The molecule has 0 aliphatic carbocycles. The number of rotatable bonds is 10. The molecule has 1 heterocycles. The summed E-state index contributed by atoms with van der Waals surface area (Å²) in [6.45, 7) is 4.44. The van der Waals surface area contributed by atoms with Crippen molar-refractivity contribution in [3.8, 4) is 11.4 Å². The molecule has 10 heteroatoms. The predicted octanol–water partition coefficient (Wildman–Crippen LogP) is 3.87. The van der Waals surface area contributed by atoms with Crippen LogP contribution in [0.2, 0.25) is 0 Å². The Kier molecular flexibility index (Phi) is 8.86. The average molecular weight is 504 g/mol. The molecule has 2 atom stereocenters. The maximum Gasteiger partial charge on any atom is 0.248 e. The first-order chi connectivity index (χ1) is 17.0. The highest BCUT2D eigenvalue weighted by molar-refractivity contribution is 5.77. The number of carbonyl (C=O) groups is 1. The molecule has 36 heavy (non-hydrogen) atoms. The molecular formula is C26H32F3N5O2. The van der Waals surface area contributed by atoms with Crippen LogP contribution in [0.25, 0.3) is 11.4 Å². The highest BCUT2D eigenvalue weighted by Gasteiger charge is 2.39. The maximum atomic E-state index is 14.6. The monoisotopic (exact) mass is 503 g/mol. The van der Waals surface area contributed by atoms with E-state index < -0.39 is 48.3 Å². The van der Waals surface area contributed by atoms with E-state index in [-0.39, 0.29) is 30.9 Å². The molecule has 3 aromatic rings. The summed E-state index contributed by atoms with van der Waals surface area (Å²) < 4.78 is 43.2. The lowest BCUT2D eigenvalue weighted by molar-refractivity contribution is -0.139. The van der Waals surface area contributed by atoms with Crippen LogP contribution in [0.5, 0.6) is 0 Å². The van der Waals surface area contributed by atoms with Gasteiger partial charge >= 0.3 is 0 Å². The lowest BCUT2D eigenvalue weighted by Crippen LogP contribution is -2.45. The second-order valence-corrected chi connectivity index (χ2v) is 9.78. The molecule has 1 amide bonds. The Morgan fingerprint density at radius 3 is 2.47 bits per heavy atom. The first kappa shape index (κ1) is 27.3. The second kappa shape index (κ2) is 11.7. The first-order valence-electron chi connectivity index (χ1n) is 11.7. The van der Waals surface area contributed by atoms with Crippen molar-refractivity contribution in [2.24, 2.45) is 11.1 Å². The first-order valence-corrected chi connectivity index (χ1v) is 11.7. The van der Waals surface area contributed by atoms with Crippen LogP contribution in [0.3, 0.4) is 0 Å². The quantitative estimate of drug-likeness (QED) is 0.438. The number of hydrogen-bond acceptors (Lipinski definition) is 5. The molecule has 2 aromatic carbocycles. The number of alkyl halides is 1. The molecule has 0 spiro atoms. The van der Waals surface area contributed by atoms with Crippen LogP contribution in [0.4, 0.5) is 13.2 Å². The molecule has 0 aliphatic rings. The molecule has 3 rings (SSSR count). The Morgan fingerprint density at radius 1 is 1.17 bits per heavy atom. The van der Waals surface area contributed by atoms with Gasteiger partial charge in [0.1, 0.15) is 24.9 Å². The fraction of sp³-hybridized carbons (Fsp3) is 0.423. The molecule has 0 saturated heterocycles. The summed E-state index contributed by atoms with van der Waals surface area (Å²) in [7, 11) is 0. The summed E-state index contributed by atoms with van der Waals surface area (Å²) in [5, 5.41) is 14.2. The van der Waals surface area contributed by atoms with Gasteiger partial charge in [0.05, 0.1) is 18.2 Å². The fourth-order valence-corrected chi connectivity index (χ4v) is 4.08. The molecule has 0 radical (unpaired) electrons. The van der Waals surface area contributed by atoms with Crippen molar-refractivity contribution in [3.05, 3.63) is 71.6 Å². The normalized spacial score (nSPS) is 13.4. The highest BCUT2D eigenvalue weighted by Crippen LogP contribution is 2.39. The molecule has 1 unspecified atom stereocenters. The predicted molar refractivity (Wildman–Crippen MR) is 130 cm³/mol. The number of aromatic nitrogens is 3. The Balaban J connectivity index is 2.18. The van der Waals surface area contributed by atoms with Crippen molar-refractivity contribution < 1.29 is 23.1 Å². The summed E-state index contributed by atoms with van der Waals surface area (Å²) in [5.74, 6) is -1.64. The van der Waals surface area contributed by atoms with E-state index in [1.807, 2.05) is 51.1 Å². The van der Waals surface area contributed by atoms with Gasteiger partial charge in [0, 0.05) is 12.6 Å². The van der Waals surface area contributed by atoms with Gasteiger partial charge in [0.2, 0.25) is 5.91 Å². The summed E-state index contributed by atoms with van der Waals surface area (Å²) in [6.07, 6.45) is 0.160. The summed E-state index contributed by atoms with van der Waals surface area (Å²) >= 11 is 0. The van der Waals surface area contributed by atoms with Gasteiger partial charge in [0.15, 0.2) is 11.6 Å². The lowest BCUT2D eigenvalue weighted by Gasteiger charge is -2.39. The van der Waals surface area contributed by atoms with Gasteiger partial charge in [-0.2, -0.15) is 5.10 Å². The van der Waals surface area contributed by atoms with Crippen LogP contribution in [0.1, 0.15) is 44.6 Å². The van der Waals surface area contributed by atoms with E-state index in [1.54, 1.807) is 4.68 Å². The van der Waals surface area contributed by atoms with Crippen molar-refractivity contribution in [1.82, 2.24) is 19.7 Å². The number of hydrogen-bond donors (Lipinski definition) is 2. The number of aliphatic hydroxyl groups is 1. The lowest BCUT2D eigenvalue weighted by atomic mass is 9.84. The van der Waals surface area contributed by atoms with Crippen LogP contribution >= 0.6 is 0 Å². The van der Waals surface area contributed by atoms with Gasteiger partial charge in [-0.05, 0) is 35.6 Å². The van der Waals surface area contributed by atoms with E-state index in [0.29, 0.717) is 5.82 Å². The topological polar surface area (TPSA) is 97.3 Å². The van der Waals surface area contributed by atoms with Crippen molar-refractivity contribution in [2.75, 3.05) is 19.8 Å². The van der Waals surface area contributed by atoms with Crippen LogP contribution in [-0.4, -0.2) is 56.5 Å². The second-order valence-electron chi connectivity index (χ2n) is 9.78. The molecule has 3 N–H and O–H groups in total. The van der Waals surface area contributed by atoms with E-state index >= 15 is 0 Å². The van der Waals surface area contributed by atoms with E-state index in [2.05, 4.69) is 10.1 Å². The Bertz CT molecular complexity index is 1160. The number of amides is 1. The molecule has 7 nitrogen and oxygen atoms in total. The minimum atomic E-state index is -0.779. The van der Waals surface area contributed by atoms with Gasteiger partial charge < -0.3 is 15.7 Å². The summed E-state index contributed by atoms with van der Waals surface area (Å²) in [4.78, 5) is 18.9. The number of nitrogens with zero attached hydrogens (tertiary/aromatic N) is 4. The largest absolute Gasteiger partial charge is 0.387 e.